The molecule has 0 heterocycles. The summed E-state index contributed by atoms with van der Waals surface area (Å²) < 4.78 is 5.57. The van der Waals surface area contributed by atoms with Gasteiger partial charge in [-0.3, -0.25) is 0 Å². The molecule has 16 heavy (non-hydrogen) atoms. The molecule has 0 saturated heterocycles. The van der Waals surface area contributed by atoms with Gasteiger partial charge in [-0.05, 0) is 44.1 Å². The van der Waals surface area contributed by atoms with E-state index < -0.39 is 0 Å². The van der Waals surface area contributed by atoms with Crippen LogP contribution < -0.4 is 10.1 Å². The van der Waals surface area contributed by atoms with Crippen molar-refractivity contribution in [2.75, 3.05) is 20.2 Å². The average Bonchev–Trinajstić information content (AvgIpc) is 2.38. The first-order valence-electron chi connectivity index (χ1n) is 6.23. The Bertz CT molecular complexity index is 243. The predicted octanol–water partition coefficient (Wildman–Crippen LogP) is 3.26. The molecule has 0 aliphatic carbocycles. The molecule has 0 fully saturated rings. The summed E-state index contributed by atoms with van der Waals surface area (Å²) in [7, 11) is 1.95. The van der Waals surface area contributed by atoms with E-state index in [1.54, 1.807) is 0 Å². The van der Waals surface area contributed by atoms with Crippen LogP contribution in [0, 0.1) is 0 Å². The van der Waals surface area contributed by atoms with E-state index in [0.29, 0.717) is 0 Å². The van der Waals surface area contributed by atoms with Gasteiger partial charge < -0.3 is 10.1 Å². The van der Waals surface area contributed by atoms with Crippen molar-refractivity contribution in [3.63, 3.8) is 0 Å². The van der Waals surface area contributed by atoms with Gasteiger partial charge in [-0.2, -0.15) is 0 Å². The van der Waals surface area contributed by atoms with E-state index in [4.69, 9.17) is 4.74 Å². The molecule has 2 nitrogen and oxygen atoms in total. The minimum absolute atomic E-state index is 0.784. The Morgan fingerprint density at radius 1 is 1.12 bits per heavy atom. The fourth-order valence-corrected chi connectivity index (χ4v) is 1.26. The largest absolute Gasteiger partial charge is 0.494 e. The molecule has 0 atom stereocenters. The van der Waals surface area contributed by atoms with E-state index >= 15 is 0 Å². The molecule has 1 aromatic carbocycles. The van der Waals surface area contributed by atoms with Gasteiger partial charge in [-0.1, -0.05) is 32.9 Å². The highest BCUT2D eigenvalue weighted by molar-refractivity contribution is 5.27. The first-order chi connectivity index (χ1) is 7.86. The Labute approximate surface area is 100 Å². The number of hydrogen-bond donors (Lipinski definition) is 1. The number of rotatable bonds is 6. The van der Waals surface area contributed by atoms with Gasteiger partial charge in [-0.25, -0.2) is 0 Å². The fraction of sp³-hybridized carbons (Fsp3) is 0.571. The minimum Gasteiger partial charge on any atom is -0.494 e. The molecule has 0 aromatic heterocycles. The topological polar surface area (TPSA) is 21.3 Å². The molecule has 92 valence electrons. The van der Waals surface area contributed by atoms with Crippen molar-refractivity contribution in [3.05, 3.63) is 29.8 Å². The molecule has 0 spiro atoms. The van der Waals surface area contributed by atoms with Crippen molar-refractivity contribution < 1.29 is 4.74 Å². The van der Waals surface area contributed by atoms with E-state index in [1.807, 2.05) is 33.0 Å². The average molecular weight is 223 g/mol. The summed E-state index contributed by atoms with van der Waals surface area (Å²) in [5, 5.41) is 3.09. The Morgan fingerprint density at radius 3 is 2.25 bits per heavy atom. The van der Waals surface area contributed by atoms with E-state index in [1.165, 1.54) is 5.56 Å². The zero-order valence-electron chi connectivity index (χ0n) is 11.0. The summed E-state index contributed by atoms with van der Waals surface area (Å²) >= 11 is 0. The highest BCUT2D eigenvalue weighted by Gasteiger charge is 1.93. The van der Waals surface area contributed by atoms with Gasteiger partial charge in [0.2, 0.25) is 0 Å². The molecule has 0 bridgehead atoms. The van der Waals surface area contributed by atoms with Crippen molar-refractivity contribution in [1.82, 2.24) is 5.32 Å². The maximum Gasteiger partial charge on any atom is 0.119 e. The lowest BCUT2D eigenvalue weighted by atomic mass is 10.2. The van der Waals surface area contributed by atoms with Gasteiger partial charge in [0.15, 0.2) is 0 Å². The predicted molar refractivity (Wildman–Crippen MR) is 71.2 cm³/mol. The van der Waals surface area contributed by atoms with Crippen molar-refractivity contribution in [2.45, 2.75) is 33.6 Å². The van der Waals surface area contributed by atoms with E-state index in [9.17, 15) is 0 Å². The van der Waals surface area contributed by atoms with Crippen molar-refractivity contribution in [3.8, 4) is 5.75 Å². The lowest BCUT2D eigenvalue weighted by molar-refractivity contribution is 0.310. The third-order valence-electron chi connectivity index (χ3n) is 2.17. The summed E-state index contributed by atoms with van der Waals surface area (Å²) in [6.45, 7) is 7.95. The first kappa shape index (κ1) is 15.0. The molecule has 0 unspecified atom stereocenters. The highest BCUT2D eigenvalue weighted by atomic mass is 16.5. The fourth-order valence-electron chi connectivity index (χ4n) is 1.26. The third kappa shape index (κ3) is 6.46. The van der Waals surface area contributed by atoms with Crippen molar-refractivity contribution in [2.24, 2.45) is 0 Å². The molecule has 1 aromatic rings. The normalized spacial score (nSPS) is 9.25. The van der Waals surface area contributed by atoms with Crippen LogP contribution in [0.2, 0.25) is 0 Å². The molecule has 0 saturated carbocycles. The standard InChI is InChI=1S/C12H19NO.C2H6/c1-3-11-5-7-12(8-6-11)14-10-4-9-13-2;1-2/h5-8,13H,3-4,9-10H2,1-2H3;1-2H3. The summed E-state index contributed by atoms with van der Waals surface area (Å²) in [4.78, 5) is 0. The van der Waals surface area contributed by atoms with Crippen LogP contribution in [-0.4, -0.2) is 20.2 Å². The van der Waals surface area contributed by atoms with Crippen LogP contribution in [0.3, 0.4) is 0 Å². The minimum atomic E-state index is 0.784. The lowest BCUT2D eigenvalue weighted by Crippen LogP contribution is -2.11. The van der Waals surface area contributed by atoms with E-state index in [2.05, 4.69) is 24.4 Å². The summed E-state index contributed by atoms with van der Waals surface area (Å²) in [6.07, 6.45) is 2.13. The second kappa shape index (κ2) is 10.5. The molecule has 0 aliphatic heterocycles. The van der Waals surface area contributed by atoms with Crippen LogP contribution in [0.4, 0.5) is 0 Å². The number of aryl methyl sites for hydroxylation is 1. The maximum atomic E-state index is 5.57. The number of benzene rings is 1. The number of nitrogens with one attached hydrogen (secondary N) is 1. The molecule has 0 aliphatic rings. The zero-order valence-corrected chi connectivity index (χ0v) is 11.0. The second-order valence-corrected chi connectivity index (χ2v) is 3.30. The van der Waals surface area contributed by atoms with E-state index in [-0.39, 0.29) is 0 Å². The van der Waals surface area contributed by atoms with Gasteiger partial charge in [0.25, 0.3) is 0 Å². The molecule has 0 radical (unpaired) electrons. The van der Waals surface area contributed by atoms with Gasteiger partial charge >= 0.3 is 0 Å². The molecule has 1 N–H and O–H groups in total. The second-order valence-electron chi connectivity index (χ2n) is 3.30. The number of ether oxygens (including phenoxy) is 1. The lowest BCUT2D eigenvalue weighted by Gasteiger charge is -2.06. The van der Waals surface area contributed by atoms with Crippen LogP contribution in [0.1, 0.15) is 32.8 Å². The smallest absolute Gasteiger partial charge is 0.119 e. The van der Waals surface area contributed by atoms with Crippen LogP contribution in [0.25, 0.3) is 0 Å². The Balaban J connectivity index is 0.00000106. The Kier molecular flexibility index (Phi) is 9.83. The molecule has 0 amide bonds. The summed E-state index contributed by atoms with van der Waals surface area (Å²) in [6, 6.07) is 8.32. The van der Waals surface area contributed by atoms with Crippen LogP contribution in [-0.2, 0) is 6.42 Å². The Hall–Kier alpha value is -1.02. The third-order valence-corrected chi connectivity index (χ3v) is 2.17. The molecule has 2 heteroatoms. The van der Waals surface area contributed by atoms with Crippen molar-refractivity contribution in [1.29, 1.82) is 0 Å². The first-order valence-corrected chi connectivity index (χ1v) is 6.23. The molecule has 1 rings (SSSR count). The van der Waals surface area contributed by atoms with Crippen LogP contribution in [0.5, 0.6) is 5.75 Å². The van der Waals surface area contributed by atoms with Gasteiger partial charge in [0.05, 0.1) is 6.61 Å². The summed E-state index contributed by atoms with van der Waals surface area (Å²) in [5.41, 5.74) is 1.35. The van der Waals surface area contributed by atoms with Crippen LogP contribution in [0.15, 0.2) is 24.3 Å². The molecular formula is C14H25NO. The quantitative estimate of drug-likeness (QED) is 0.747. The maximum absolute atomic E-state index is 5.57. The van der Waals surface area contributed by atoms with Gasteiger partial charge in [0.1, 0.15) is 5.75 Å². The Morgan fingerprint density at radius 2 is 1.75 bits per heavy atom. The van der Waals surface area contributed by atoms with Crippen molar-refractivity contribution >= 4 is 0 Å². The zero-order chi connectivity index (χ0) is 12.2. The van der Waals surface area contributed by atoms with E-state index in [0.717, 1.165) is 31.7 Å². The SMILES string of the molecule is CC.CCc1ccc(OCCCNC)cc1. The van der Waals surface area contributed by atoms with Crippen LogP contribution >= 0.6 is 0 Å². The monoisotopic (exact) mass is 223 g/mol. The summed E-state index contributed by atoms with van der Waals surface area (Å²) in [5.74, 6) is 0.971. The number of hydrogen-bond acceptors (Lipinski definition) is 2. The van der Waals surface area contributed by atoms with Gasteiger partial charge in [0, 0.05) is 0 Å². The van der Waals surface area contributed by atoms with Gasteiger partial charge in [-0.15, -0.1) is 0 Å². The molecular weight excluding hydrogens is 198 g/mol. The highest BCUT2D eigenvalue weighted by Crippen LogP contribution is 2.12.